The lowest BCUT2D eigenvalue weighted by Gasteiger charge is -2.42. The number of nitrogens with one attached hydrogen (secondary N) is 2. The predicted molar refractivity (Wildman–Crippen MR) is 102 cm³/mol. The molecule has 0 bridgehead atoms. The summed E-state index contributed by atoms with van der Waals surface area (Å²) in [5.74, 6) is 1.59. The maximum absolute atomic E-state index is 11.8. The van der Waals surface area contributed by atoms with Crippen molar-refractivity contribution in [2.24, 2.45) is 10.4 Å². The minimum atomic E-state index is -0.0186. The van der Waals surface area contributed by atoms with E-state index < -0.39 is 0 Å². The number of amides is 1. The summed E-state index contributed by atoms with van der Waals surface area (Å²) in [6, 6.07) is 3.84. The molecule has 7 nitrogen and oxygen atoms in total. The van der Waals surface area contributed by atoms with E-state index in [2.05, 4.69) is 15.6 Å². The van der Waals surface area contributed by atoms with Gasteiger partial charge in [-0.3, -0.25) is 4.79 Å². The van der Waals surface area contributed by atoms with E-state index in [4.69, 9.17) is 9.15 Å². The third-order valence-electron chi connectivity index (χ3n) is 5.00. The summed E-state index contributed by atoms with van der Waals surface area (Å²) in [7, 11) is 5.22. The first-order valence-corrected chi connectivity index (χ1v) is 9.28. The van der Waals surface area contributed by atoms with Crippen molar-refractivity contribution < 1.29 is 13.9 Å². The fourth-order valence-corrected chi connectivity index (χ4v) is 3.00. The number of furan rings is 1. The Morgan fingerprint density at radius 1 is 1.38 bits per heavy atom. The van der Waals surface area contributed by atoms with E-state index in [9.17, 15) is 4.79 Å². The second kappa shape index (κ2) is 10.2. The molecule has 7 heteroatoms. The molecule has 0 radical (unpaired) electrons. The molecule has 0 spiro atoms. The number of aliphatic imine (C=N–C) groups is 1. The molecule has 0 aliphatic heterocycles. The third-order valence-corrected chi connectivity index (χ3v) is 5.00. The van der Waals surface area contributed by atoms with Crippen molar-refractivity contribution in [1.82, 2.24) is 15.5 Å². The minimum absolute atomic E-state index is 0.0186. The highest BCUT2D eigenvalue weighted by molar-refractivity contribution is 5.84. The SMILES string of the molecule is COCCC1(CNC(=NCC(=O)N(C)C)NCCc2ccco2)CCC1. The Morgan fingerprint density at radius 3 is 2.77 bits per heavy atom. The monoisotopic (exact) mass is 364 g/mol. The number of hydrogen-bond donors (Lipinski definition) is 2. The van der Waals surface area contributed by atoms with Crippen molar-refractivity contribution in [2.45, 2.75) is 32.1 Å². The van der Waals surface area contributed by atoms with Crippen LogP contribution in [0.1, 0.15) is 31.4 Å². The Hall–Kier alpha value is -2.02. The third kappa shape index (κ3) is 6.37. The maximum atomic E-state index is 11.8. The quantitative estimate of drug-likeness (QED) is 0.488. The van der Waals surface area contributed by atoms with E-state index in [-0.39, 0.29) is 17.9 Å². The van der Waals surface area contributed by atoms with Crippen LogP contribution in [0.25, 0.3) is 0 Å². The first kappa shape index (κ1) is 20.3. The molecule has 2 rings (SSSR count). The van der Waals surface area contributed by atoms with Gasteiger partial charge in [0.05, 0.1) is 6.26 Å². The molecule has 1 aliphatic carbocycles. The molecular weight excluding hydrogens is 332 g/mol. The summed E-state index contributed by atoms with van der Waals surface area (Å²) in [5.41, 5.74) is 0.283. The van der Waals surface area contributed by atoms with Gasteiger partial charge in [-0.25, -0.2) is 4.99 Å². The number of carbonyl (C=O) groups is 1. The molecule has 1 fully saturated rings. The molecule has 26 heavy (non-hydrogen) atoms. The number of carbonyl (C=O) groups excluding carboxylic acids is 1. The van der Waals surface area contributed by atoms with Crippen LogP contribution >= 0.6 is 0 Å². The average molecular weight is 364 g/mol. The van der Waals surface area contributed by atoms with Crippen LogP contribution in [0.5, 0.6) is 0 Å². The molecule has 1 saturated carbocycles. The fraction of sp³-hybridized carbons (Fsp3) is 0.684. The molecule has 0 atom stereocenters. The second-order valence-electron chi connectivity index (χ2n) is 7.16. The zero-order valence-corrected chi connectivity index (χ0v) is 16.2. The van der Waals surface area contributed by atoms with Gasteiger partial charge in [0.1, 0.15) is 12.3 Å². The van der Waals surface area contributed by atoms with Crippen molar-refractivity contribution in [3.63, 3.8) is 0 Å². The molecule has 1 aliphatic rings. The van der Waals surface area contributed by atoms with Crippen molar-refractivity contribution in [2.75, 3.05) is 47.4 Å². The normalized spacial score (nSPS) is 16.0. The molecule has 1 aromatic heterocycles. The van der Waals surface area contributed by atoms with Crippen LogP contribution in [-0.2, 0) is 16.0 Å². The van der Waals surface area contributed by atoms with Crippen LogP contribution in [0.4, 0.5) is 0 Å². The highest BCUT2D eigenvalue weighted by Gasteiger charge is 2.36. The van der Waals surface area contributed by atoms with Crippen LogP contribution in [0.3, 0.4) is 0 Å². The Morgan fingerprint density at radius 2 is 2.19 bits per heavy atom. The topological polar surface area (TPSA) is 79.1 Å². The van der Waals surface area contributed by atoms with E-state index in [1.165, 1.54) is 19.3 Å². The standard InChI is InChI=1S/C19H32N4O3/c1-23(2)17(24)14-21-18(20-11-7-16-6-4-12-26-16)22-15-19(8-5-9-19)10-13-25-3/h4,6,12H,5,7-11,13-15H2,1-3H3,(H2,20,21,22). The van der Waals surface area contributed by atoms with E-state index >= 15 is 0 Å². The fourth-order valence-electron chi connectivity index (χ4n) is 3.00. The molecule has 1 amide bonds. The summed E-state index contributed by atoms with van der Waals surface area (Å²) in [6.45, 7) is 2.45. The predicted octanol–water partition coefficient (Wildman–Crippen LogP) is 1.65. The first-order valence-electron chi connectivity index (χ1n) is 9.28. The van der Waals surface area contributed by atoms with Crippen molar-refractivity contribution >= 4 is 11.9 Å². The van der Waals surface area contributed by atoms with Gasteiger partial charge in [0.2, 0.25) is 5.91 Å². The highest BCUT2D eigenvalue weighted by atomic mass is 16.5. The maximum Gasteiger partial charge on any atom is 0.243 e. The molecule has 0 unspecified atom stereocenters. The Bertz CT molecular complexity index is 565. The van der Waals surface area contributed by atoms with E-state index in [0.29, 0.717) is 12.5 Å². The molecular formula is C19H32N4O3. The number of likely N-dealkylation sites (N-methyl/N-ethyl adjacent to an activating group) is 1. The number of hydrogen-bond acceptors (Lipinski definition) is 4. The van der Waals surface area contributed by atoms with Gasteiger partial charge in [-0.05, 0) is 36.8 Å². The van der Waals surface area contributed by atoms with Gasteiger partial charge in [-0.2, -0.15) is 0 Å². The summed E-state index contributed by atoms with van der Waals surface area (Å²) in [4.78, 5) is 17.8. The van der Waals surface area contributed by atoms with Gasteiger partial charge in [0.25, 0.3) is 0 Å². The minimum Gasteiger partial charge on any atom is -0.469 e. The zero-order chi connectivity index (χ0) is 18.8. The summed E-state index contributed by atoms with van der Waals surface area (Å²) < 4.78 is 10.6. The lowest BCUT2D eigenvalue weighted by Crippen LogP contribution is -2.47. The Balaban J connectivity index is 1.88. The lowest BCUT2D eigenvalue weighted by molar-refractivity contribution is -0.127. The molecule has 0 aromatic carbocycles. The number of nitrogens with zero attached hydrogens (tertiary/aromatic N) is 2. The van der Waals surface area contributed by atoms with Gasteiger partial charge in [-0.15, -0.1) is 0 Å². The van der Waals surface area contributed by atoms with E-state index in [0.717, 1.165) is 31.8 Å². The number of guanidine groups is 1. The van der Waals surface area contributed by atoms with Crippen LogP contribution in [-0.4, -0.2) is 64.2 Å². The molecule has 1 heterocycles. The van der Waals surface area contributed by atoms with Crippen LogP contribution in [0, 0.1) is 5.41 Å². The largest absolute Gasteiger partial charge is 0.469 e. The average Bonchev–Trinajstić information content (AvgIpc) is 3.10. The van der Waals surface area contributed by atoms with Gasteiger partial charge >= 0.3 is 0 Å². The number of rotatable bonds is 10. The lowest BCUT2D eigenvalue weighted by atomic mass is 9.67. The molecule has 0 saturated heterocycles. The van der Waals surface area contributed by atoms with Crippen molar-refractivity contribution in [3.05, 3.63) is 24.2 Å². The Labute approximate surface area is 156 Å². The second-order valence-corrected chi connectivity index (χ2v) is 7.16. The summed E-state index contributed by atoms with van der Waals surface area (Å²) >= 11 is 0. The first-order chi connectivity index (χ1) is 12.5. The molecule has 1 aromatic rings. The van der Waals surface area contributed by atoms with E-state index in [1.807, 2.05) is 12.1 Å². The Kier molecular flexibility index (Phi) is 7.97. The highest BCUT2D eigenvalue weighted by Crippen LogP contribution is 2.43. The smallest absolute Gasteiger partial charge is 0.243 e. The van der Waals surface area contributed by atoms with Gasteiger partial charge in [0, 0.05) is 47.3 Å². The number of methoxy groups -OCH3 is 1. The van der Waals surface area contributed by atoms with Crippen LogP contribution < -0.4 is 10.6 Å². The van der Waals surface area contributed by atoms with Gasteiger partial charge in [-0.1, -0.05) is 6.42 Å². The molecule has 146 valence electrons. The van der Waals surface area contributed by atoms with Crippen molar-refractivity contribution in [1.29, 1.82) is 0 Å². The van der Waals surface area contributed by atoms with Gasteiger partial charge < -0.3 is 24.7 Å². The summed E-state index contributed by atoms with van der Waals surface area (Å²) in [6.07, 6.45) is 7.17. The van der Waals surface area contributed by atoms with Crippen LogP contribution in [0.2, 0.25) is 0 Å². The van der Waals surface area contributed by atoms with Crippen LogP contribution in [0.15, 0.2) is 27.8 Å². The van der Waals surface area contributed by atoms with E-state index in [1.54, 1.807) is 32.4 Å². The van der Waals surface area contributed by atoms with Gasteiger partial charge in [0.15, 0.2) is 5.96 Å². The zero-order valence-electron chi connectivity index (χ0n) is 16.2. The van der Waals surface area contributed by atoms with Crippen molar-refractivity contribution in [3.8, 4) is 0 Å². The summed E-state index contributed by atoms with van der Waals surface area (Å²) in [5, 5.41) is 6.73. The number of ether oxygens (including phenoxy) is 1. The molecule has 2 N–H and O–H groups in total.